The number of methoxy groups -OCH3 is 1. The summed E-state index contributed by atoms with van der Waals surface area (Å²) in [7, 11) is 5.77. The molecule has 1 saturated heterocycles. The van der Waals surface area contributed by atoms with E-state index in [0.717, 1.165) is 78.4 Å². The number of rotatable bonds is 10. The third-order valence-electron chi connectivity index (χ3n) is 8.55. The van der Waals surface area contributed by atoms with Gasteiger partial charge in [-0.1, -0.05) is 24.8 Å². The molecule has 9 heteroatoms. The zero-order chi connectivity index (χ0) is 31.4. The third-order valence-corrected chi connectivity index (χ3v) is 8.55. The Bertz CT molecular complexity index is 1630. The minimum Gasteiger partial charge on any atom is -0.496 e. The first-order valence-electron chi connectivity index (χ1n) is 15.3. The summed E-state index contributed by atoms with van der Waals surface area (Å²) in [6.45, 7) is 16.5. The highest BCUT2D eigenvalue weighted by Gasteiger charge is 2.26. The summed E-state index contributed by atoms with van der Waals surface area (Å²) in [6, 6.07) is 14.2. The van der Waals surface area contributed by atoms with Crippen molar-refractivity contribution in [1.29, 1.82) is 0 Å². The zero-order valence-electron chi connectivity index (χ0n) is 26.9. The second kappa shape index (κ2) is 13.2. The fourth-order valence-electron chi connectivity index (χ4n) is 5.95. The van der Waals surface area contributed by atoms with Gasteiger partial charge in [0, 0.05) is 106 Å². The first kappa shape index (κ1) is 31.2. The minimum absolute atomic E-state index is 0.196. The SMILES string of the molecule is C=CC(=O)Nc1cc(Cc2nccc(-c3cn(C)c4ccccc34)n2)c(OC)cc1N(C)CCN1CCN(C(C)(C)C)CC1. The lowest BCUT2D eigenvalue weighted by molar-refractivity contribution is -0.111. The van der Waals surface area contributed by atoms with Crippen LogP contribution in [0.15, 0.2) is 67.5 Å². The van der Waals surface area contributed by atoms with Gasteiger partial charge in [0.25, 0.3) is 0 Å². The van der Waals surface area contributed by atoms with E-state index in [4.69, 9.17) is 9.72 Å². The smallest absolute Gasteiger partial charge is 0.247 e. The average molecular weight is 596 g/mol. The van der Waals surface area contributed by atoms with Gasteiger partial charge in [-0.25, -0.2) is 9.97 Å². The highest BCUT2D eigenvalue weighted by molar-refractivity contribution is 6.01. The molecule has 1 fully saturated rings. The van der Waals surface area contributed by atoms with E-state index in [-0.39, 0.29) is 11.4 Å². The van der Waals surface area contributed by atoms with Crippen molar-refractivity contribution in [1.82, 2.24) is 24.3 Å². The number of ether oxygens (including phenoxy) is 1. The maximum Gasteiger partial charge on any atom is 0.247 e. The molecule has 1 aliphatic rings. The van der Waals surface area contributed by atoms with Crippen LogP contribution in [0.4, 0.5) is 11.4 Å². The summed E-state index contributed by atoms with van der Waals surface area (Å²) in [5.41, 5.74) is 5.76. The molecule has 1 amide bonds. The Labute approximate surface area is 261 Å². The molecular weight excluding hydrogens is 550 g/mol. The molecule has 1 aliphatic heterocycles. The Balaban J connectivity index is 1.37. The van der Waals surface area contributed by atoms with Crippen molar-refractivity contribution < 1.29 is 9.53 Å². The summed E-state index contributed by atoms with van der Waals surface area (Å²) < 4.78 is 7.99. The van der Waals surface area contributed by atoms with Crippen LogP contribution in [0, 0.1) is 0 Å². The number of fused-ring (bicyclic) bond motifs is 1. The lowest BCUT2D eigenvalue weighted by atomic mass is 10.0. The lowest BCUT2D eigenvalue weighted by Crippen LogP contribution is -2.54. The molecule has 9 nitrogen and oxygen atoms in total. The number of anilines is 2. The van der Waals surface area contributed by atoms with Gasteiger partial charge in [0.1, 0.15) is 11.6 Å². The Kier molecular flexibility index (Phi) is 9.36. The van der Waals surface area contributed by atoms with E-state index in [0.29, 0.717) is 17.9 Å². The van der Waals surface area contributed by atoms with Crippen LogP contribution in [0.5, 0.6) is 5.75 Å². The van der Waals surface area contributed by atoms with Crippen molar-refractivity contribution in [2.24, 2.45) is 7.05 Å². The first-order chi connectivity index (χ1) is 21.1. The number of amides is 1. The number of likely N-dealkylation sites (N-methyl/N-ethyl adjacent to an activating group) is 1. The molecule has 2 aromatic carbocycles. The van der Waals surface area contributed by atoms with E-state index in [9.17, 15) is 4.79 Å². The number of nitrogens with one attached hydrogen (secondary N) is 1. The van der Waals surface area contributed by atoms with Crippen molar-refractivity contribution in [3.8, 4) is 17.0 Å². The Hall–Kier alpha value is -4.21. The topological polar surface area (TPSA) is 78.8 Å². The number of nitrogens with zero attached hydrogens (tertiary/aromatic N) is 6. The average Bonchev–Trinajstić information content (AvgIpc) is 3.36. The van der Waals surface area contributed by atoms with Crippen molar-refractivity contribution >= 4 is 28.2 Å². The maximum absolute atomic E-state index is 12.5. The molecule has 0 radical (unpaired) electrons. The number of carbonyl (C=O) groups excluding carboxylic acids is 1. The normalized spacial score (nSPS) is 14.5. The van der Waals surface area contributed by atoms with E-state index in [2.05, 4.69) is 82.3 Å². The van der Waals surface area contributed by atoms with Crippen LogP contribution in [0.2, 0.25) is 0 Å². The van der Waals surface area contributed by atoms with E-state index in [1.165, 1.54) is 6.08 Å². The molecular formula is C35H45N7O2. The van der Waals surface area contributed by atoms with Gasteiger partial charge < -0.3 is 19.5 Å². The fraction of sp³-hybridized carbons (Fsp3) is 0.400. The van der Waals surface area contributed by atoms with E-state index < -0.39 is 0 Å². The van der Waals surface area contributed by atoms with Gasteiger partial charge in [0.05, 0.1) is 24.2 Å². The van der Waals surface area contributed by atoms with Crippen LogP contribution >= 0.6 is 0 Å². The number of aromatic nitrogens is 3. The zero-order valence-corrected chi connectivity index (χ0v) is 26.9. The van der Waals surface area contributed by atoms with Gasteiger partial charge in [0.2, 0.25) is 5.91 Å². The predicted octanol–water partition coefficient (Wildman–Crippen LogP) is 5.21. The number of hydrogen-bond acceptors (Lipinski definition) is 7. The molecule has 3 heterocycles. The highest BCUT2D eigenvalue weighted by atomic mass is 16.5. The molecule has 232 valence electrons. The molecule has 0 aliphatic carbocycles. The number of piperazine rings is 1. The van der Waals surface area contributed by atoms with Gasteiger partial charge >= 0.3 is 0 Å². The van der Waals surface area contributed by atoms with E-state index in [1.54, 1.807) is 13.3 Å². The largest absolute Gasteiger partial charge is 0.496 e. The van der Waals surface area contributed by atoms with Gasteiger partial charge in [-0.2, -0.15) is 0 Å². The van der Waals surface area contributed by atoms with Crippen molar-refractivity contribution in [3.63, 3.8) is 0 Å². The summed E-state index contributed by atoms with van der Waals surface area (Å²) in [4.78, 5) is 29.3. The van der Waals surface area contributed by atoms with Crippen molar-refractivity contribution in [3.05, 3.63) is 78.9 Å². The number of carbonyl (C=O) groups is 1. The summed E-state index contributed by atoms with van der Waals surface area (Å²) in [6.07, 6.45) is 5.64. The molecule has 2 aromatic heterocycles. The molecule has 5 rings (SSSR count). The van der Waals surface area contributed by atoms with Gasteiger partial charge in [0.15, 0.2) is 0 Å². The molecule has 44 heavy (non-hydrogen) atoms. The first-order valence-corrected chi connectivity index (χ1v) is 15.3. The molecule has 0 saturated carbocycles. The predicted molar refractivity (Wildman–Crippen MR) is 180 cm³/mol. The van der Waals surface area contributed by atoms with Crippen LogP contribution in [-0.4, -0.2) is 89.2 Å². The molecule has 0 atom stereocenters. The second-order valence-electron chi connectivity index (χ2n) is 12.5. The van der Waals surface area contributed by atoms with Gasteiger partial charge in [-0.15, -0.1) is 0 Å². The van der Waals surface area contributed by atoms with Crippen LogP contribution in [-0.2, 0) is 18.3 Å². The Morgan fingerprint density at radius 1 is 1.14 bits per heavy atom. The number of aryl methyl sites for hydroxylation is 1. The maximum atomic E-state index is 12.5. The van der Waals surface area contributed by atoms with Crippen molar-refractivity contribution in [2.45, 2.75) is 32.7 Å². The Morgan fingerprint density at radius 3 is 2.59 bits per heavy atom. The number of benzene rings is 2. The summed E-state index contributed by atoms with van der Waals surface area (Å²) >= 11 is 0. The van der Waals surface area contributed by atoms with Gasteiger partial charge in [-0.3, -0.25) is 14.6 Å². The van der Waals surface area contributed by atoms with Crippen molar-refractivity contribution in [2.75, 3.05) is 63.6 Å². The van der Waals surface area contributed by atoms with Crippen LogP contribution in [0.3, 0.4) is 0 Å². The van der Waals surface area contributed by atoms with E-state index >= 15 is 0 Å². The Morgan fingerprint density at radius 2 is 1.89 bits per heavy atom. The van der Waals surface area contributed by atoms with Crippen LogP contribution in [0.1, 0.15) is 32.2 Å². The quantitative estimate of drug-likeness (QED) is 0.252. The summed E-state index contributed by atoms with van der Waals surface area (Å²) in [5.74, 6) is 1.13. The monoisotopic (exact) mass is 595 g/mol. The molecule has 4 aromatic rings. The lowest BCUT2D eigenvalue weighted by Gasteiger charge is -2.42. The van der Waals surface area contributed by atoms with Gasteiger partial charge in [-0.05, 0) is 45.0 Å². The molecule has 1 N–H and O–H groups in total. The third kappa shape index (κ3) is 6.95. The van der Waals surface area contributed by atoms with Crippen LogP contribution in [0.25, 0.3) is 22.2 Å². The fourth-order valence-corrected chi connectivity index (χ4v) is 5.95. The second-order valence-corrected chi connectivity index (χ2v) is 12.5. The molecule has 0 unspecified atom stereocenters. The number of hydrogen-bond donors (Lipinski definition) is 1. The summed E-state index contributed by atoms with van der Waals surface area (Å²) in [5, 5.41) is 4.17. The minimum atomic E-state index is -0.261. The number of para-hydroxylation sites is 1. The molecule has 0 spiro atoms. The van der Waals surface area contributed by atoms with E-state index in [1.807, 2.05) is 37.4 Å². The molecule has 0 bridgehead atoms. The standard InChI is InChI=1S/C35H45N7O2/c1-8-34(43)38-29-21-25(22-33-36-14-13-28(37-33)27-24-40(6)30-12-10-9-11-26(27)30)32(44-7)23-31(29)39(5)15-16-41-17-19-42(20-18-41)35(2,3)4/h8-14,21,23-24H,1,15-20,22H2,2-7H3,(H,38,43). The highest BCUT2D eigenvalue weighted by Crippen LogP contribution is 2.35. The van der Waals surface area contributed by atoms with Crippen LogP contribution < -0.4 is 15.0 Å².